The molecule has 0 saturated heterocycles. The number of rotatable bonds is 6. The van der Waals surface area contributed by atoms with Gasteiger partial charge in [0.25, 0.3) is 0 Å². The summed E-state index contributed by atoms with van der Waals surface area (Å²) in [6, 6.07) is 9.34. The summed E-state index contributed by atoms with van der Waals surface area (Å²) in [4.78, 5) is 14.7. The molecule has 0 aromatic heterocycles. The molecular weight excluding hydrogens is 246 g/mol. The summed E-state index contributed by atoms with van der Waals surface area (Å²) in [5.41, 5.74) is 2.54. The third-order valence-corrected chi connectivity index (χ3v) is 4.34. The van der Waals surface area contributed by atoms with E-state index in [-0.39, 0.29) is 0 Å². The highest BCUT2D eigenvalue weighted by Crippen LogP contribution is 2.31. The zero-order valence-corrected chi connectivity index (χ0v) is 13.2. The minimum atomic E-state index is 0.329. The Bertz CT molecular complexity index is 462. The number of carbonyl (C=O) groups is 1. The van der Waals surface area contributed by atoms with E-state index in [0.717, 1.165) is 6.42 Å². The molecule has 1 atom stereocenters. The maximum Gasteiger partial charge on any atom is 0.223 e. The van der Waals surface area contributed by atoms with E-state index in [0.29, 0.717) is 30.3 Å². The first-order valence-electron chi connectivity index (χ1n) is 7.85. The number of benzene rings is 1. The summed E-state index contributed by atoms with van der Waals surface area (Å²) < 4.78 is 0. The van der Waals surface area contributed by atoms with E-state index in [2.05, 4.69) is 56.9 Å². The van der Waals surface area contributed by atoms with Gasteiger partial charge in [-0.1, -0.05) is 43.7 Å². The lowest BCUT2D eigenvalue weighted by Crippen LogP contribution is -2.43. The van der Waals surface area contributed by atoms with Crippen LogP contribution in [0.15, 0.2) is 24.3 Å². The summed E-state index contributed by atoms with van der Waals surface area (Å²) in [5, 5.41) is 0. The number of aryl methyl sites for hydroxylation is 2. The molecule has 110 valence electrons. The highest BCUT2D eigenvalue weighted by atomic mass is 16.2. The zero-order valence-electron chi connectivity index (χ0n) is 13.2. The van der Waals surface area contributed by atoms with Gasteiger partial charge in [-0.05, 0) is 44.6 Å². The van der Waals surface area contributed by atoms with Gasteiger partial charge in [0.15, 0.2) is 0 Å². The van der Waals surface area contributed by atoms with Gasteiger partial charge < -0.3 is 4.90 Å². The predicted octanol–water partition coefficient (Wildman–Crippen LogP) is 3.96. The Morgan fingerprint density at radius 3 is 2.55 bits per heavy atom. The second kappa shape index (κ2) is 6.43. The van der Waals surface area contributed by atoms with Gasteiger partial charge >= 0.3 is 0 Å². The Labute approximate surface area is 123 Å². The second-order valence-electron chi connectivity index (χ2n) is 6.51. The van der Waals surface area contributed by atoms with E-state index in [1.807, 2.05) is 0 Å². The molecule has 1 saturated carbocycles. The Morgan fingerprint density at radius 1 is 1.30 bits per heavy atom. The molecule has 1 aromatic rings. The highest BCUT2D eigenvalue weighted by molar-refractivity contribution is 5.77. The molecule has 0 bridgehead atoms. The fraction of sp³-hybridized carbons (Fsp3) is 0.611. The van der Waals surface area contributed by atoms with E-state index in [4.69, 9.17) is 0 Å². The minimum absolute atomic E-state index is 0.329. The van der Waals surface area contributed by atoms with Gasteiger partial charge in [-0.25, -0.2) is 0 Å². The Kier molecular flexibility index (Phi) is 4.85. The Morgan fingerprint density at radius 2 is 2.00 bits per heavy atom. The third-order valence-electron chi connectivity index (χ3n) is 4.34. The van der Waals surface area contributed by atoms with Crippen LogP contribution in [-0.4, -0.2) is 22.9 Å². The molecule has 0 radical (unpaired) electrons. The molecule has 20 heavy (non-hydrogen) atoms. The summed E-state index contributed by atoms with van der Waals surface area (Å²) in [7, 11) is 0. The van der Waals surface area contributed by atoms with Gasteiger partial charge in [-0.3, -0.25) is 4.79 Å². The topological polar surface area (TPSA) is 20.3 Å². The van der Waals surface area contributed by atoms with Crippen molar-refractivity contribution in [2.75, 3.05) is 0 Å². The molecule has 0 N–H and O–H groups in total. The van der Waals surface area contributed by atoms with Crippen LogP contribution in [0.25, 0.3) is 0 Å². The van der Waals surface area contributed by atoms with Crippen LogP contribution in [0.4, 0.5) is 0 Å². The van der Waals surface area contributed by atoms with Crippen LogP contribution in [0.1, 0.15) is 51.2 Å². The fourth-order valence-electron chi connectivity index (χ4n) is 2.69. The smallest absolute Gasteiger partial charge is 0.223 e. The standard InChI is InChI=1S/C18H27NO/c1-13(2)15(4)19(17-9-10-17)18(20)11-8-16-7-5-6-14(3)12-16/h5-7,12-13,15,17H,8-11H2,1-4H3. The Hall–Kier alpha value is -1.31. The molecule has 1 unspecified atom stereocenters. The minimum Gasteiger partial charge on any atom is -0.337 e. The van der Waals surface area contributed by atoms with Crippen LogP contribution in [-0.2, 0) is 11.2 Å². The third kappa shape index (κ3) is 3.84. The SMILES string of the molecule is Cc1cccc(CCC(=O)N(C2CC2)C(C)C(C)C)c1. The molecule has 0 spiro atoms. The molecule has 2 rings (SSSR count). The molecule has 1 aliphatic rings. The molecule has 1 aromatic carbocycles. The number of amides is 1. The van der Waals surface area contributed by atoms with Crippen LogP contribution in [0, 0.1) is 12.8 Å². The van der Waals surface area contributed by atoms with Crippen molar-refractivity contribution < 1.29 is 4.79 Å². The molecule has 1 aliphatic carbocycles. The lowest BCUT2D eigenvalue weighted by molar-refractivity contribution is -0.134. The van der Waals surface area contributed by atoms with Crippen LogP contribution in [0.5, 0.6) is 0 Å². The highest BCUT2D eigenvalue weighted by Gasteiger charge is 2.36. The lowest BCUT2D eigenvalue weighted by atomic mass is 10.0. The first-order chi connectivity index (χ1) is 9.49. The second-order valence-corrected chi connectivity index (χ2v) is 6.51. The predicted molar refractivity (Wildman–Crippen MR) is 83.7 cm³/mol. The number of carbonyl (C=O) groups excluding carboxylic acids is 1. The first-order valence-corrected chi connectivity index (χ1v) is 7.85. The molecule has 2 nitrogen and oxygen atoms in total. The van der Waals surface area contributed by atoms with Gasteiger partial charge in [0.2, 0.25) is 5.91 Å². The van der Waals surface area contributed by atoms with Crippen LogP contribution in [0.3, 0.4) is 0 Å². The van der Waals surface area contributed by atoms with Gasteiger partial charge in [0, 0.05) is 18.5 Å². The summed E-state index contributed by atoms with van der Waals surface area (Å²) in [5.74, 6) is 0.855. The van der Waals surface area contributed by atoms with Gasteiger partial charge in [-0.2, -0.15) is 0 Å². The van der Waals surface area contributed by atoms with Crippen molar-refractivity contribution in [3.8, 4) is 0 Å². The lowest BCUT2D eigenvalue weighted by Gasteiger charge is -2.32. The summed E-state index contributed by atoms with van der Waals surface area (Å²) in [6.45, 7) is 8.69. The molecule has 1 amide bonds. The first kappa shape index (κ1) is 15.1. The molecule has 0 aliphatic heterocycles. The van der Waals surface area contributed by atoms with Crippen LogP contribution >= 0.6 is 0 Å². The van der Waals surface area contributed by atoms with Crippen molar-refractivity contribution in [1.82, 2.24) is 4.90 Å². The normalized spacial score (nSPS) is 16.2. The van der Waals surface area contributed by atoms with E-state index >= 15 is 0 Å². The number of hydrogen-bond acceptors (Lipinski definition) is 1. The molecule has 0 heterocycles. The van der Waals surface area contributed by atoms with E-state index in [1.165, 1.54) is 24.0 Å². The van der Waals surface area contributed by atoms with Crippen molar-refractivity contribution in [3.05, 3.63) is 35.4 Å². The van der Waals surface area contributed by atoms with Crippen molar-refractivity contribution in [2.24, 2.45) is 5.92 Å². The number of hydrogen-bond donors (Lipinski definition) is 0. The Balaban J connectivity index is 1.95. The summed E-state index contributed by atoms with van der Waals surface area (Å²) in [6.07, 6.45) is 3.87. The van der Waals surface area contributed by atoms with Crippen molar-refractivity contribution in [3.63, 3.8) is 0 Å². The fourth-order valence-corrected chi connectivity index (χ4v) is 2.69. The van der Waals surface area contributed by atoms with Crippen LogP contribution in [0.2, 0.25) is 0 Å². The van der Waals surface area contributed by atoms with Crippen molar-refractivity contribution >= 4 is 5.91 Å². The van der Waals surface area contributed by atoms with Gasteiger partial charge in [0.05, 0.1) is 0 Å². The van der Waals surface area contributed by atoms with Gasteiger partial charge in [0.1, 0.15) is 0 Å². The average Bonchev–Trinajstić information content (AvgIpc) is 3.21. The quantitative estimate of drug-likeness (QED) is 0.768. The number of nitrogens with zero attached hydrogens (tertiary/aromatic N) is 1. The van der Waals surface area contributed by atoms with Crippen molar-refractivity contribution in [1.29, 1.82) is 0 Å². The zero-order chi connectivity index (χ0) is 14.7. The van der Waals surface area contributed by atoms with Crippen molar-refractivity contribution in [2.45, 2.75) is 65.5 Å². The molecule has 1 fully saturated rings. The van der Waals surface area contributed by atoms with E-state index in [9.17, 15) is 4.79 Å². The van der Waals surface area contributed by atoms with E-state index in [1.54, 1.807) is 0 Å². The van der Waals surface area contributed by atoms with Gasteiger partial charge in [-0.15, -0.1) is 0 Å². The monoisotopic (exact) mass is 273 g/mol. The summed E-state index contributed by atoms with van der Waals surface area (Å²) >= 11 is 0. The van der Waals surface area contributed by atoms with E-state index < -0.39 is 0 Å². The maximum atomic E-state index is 12.6. The largest absolute Gasteiger partial charge is 0.337 e. The maximum absolute atomic E-state index is 12.6. The van der Waals surface area contributed by atoms with Crippen LogP contribution < -0.4 is 0 Å². The molecule has 2 heteroatoms. The molecular formula is C18H27NO. The average molecular weight is 273 g/mol.